The van der Waals surface area contributed by atoms with Gasteiger partial charge in [0.2, 0.25) is 0 Å². The maximum atomic E-state index is 13.9. The zero-order valence-electron chi connectivity index (χ0n) is 17.9. The number of nitrogens with one attached hydrogen (secondary N) is 1. The molecule has 32 heavy (non-hydrogen) atoms. The summed E-state index contributed by atoms with van der Waals surface area (Å²) in [4.78, 5) is 26.7. The highest BCUT2D eigenvalue weighted by molar-refractivity contribution is 7.99. The van der Waals surface area contributed by atoms with E-state index >= 15 is 0 Å². The van der Waals surface area contributed by atoms with Gasteiger partial charge in [-0.25, -0.2) is 0 Å². The second kappa shape index (κ2) is 8.02. The van der Waals surface area contributed by atoms with Crippen LogP contribution in [0.2, 0.25) is 0 Å². The number of aromatic amines is 1. The monoisotopic (exact) mass is 470 g/mol. The lowest BCUT2D eigenvalue weighted by molar-refractivity contribution is -0.528. The lowest BCUT2D eigenvalue weighted by Gasteiger charge is -2.26. The van der Waals surface area contributed by atoms with E-state index in [4.69, 9.17) is 4.74 Å². The van der Waals surface area contributed by atoms with Gasteiger partial charge in [0.1, 0.15) is 5.39 Å². The Kier molecular flexibility index (Phi) is 5.31. The average molecular weight is 471 g/mol. The molecule has 1 aliphatic rings. The van der Waals surface area contributed by atoms with Crippen LogP contribution >= 0.6 is 23.1 Å². The first-order valence-electron chi connectivity index (χ1n) is 10.4. The van der Waals surface area contributed by atoms with Gasteiger partial charge in [-0.05, 0) is 30.5 Å². The first kappa shape index (κ1) is 21.2. The molecule has 1 unspecified atom stereocenters. The summed E-state index contributed by atoms with van der Waals surface area (Å²) in [6.07, 6.45) is 0.714. The third-order valence-electron chi connectivity index (χ3n) is 5.75. The van der Waals surface area contributed by atoms with Crippen LogP contribution in [0.3, 0.4) is 0 Å². The number of carbonyl (C=O) groups excluding carboxylic acids is 1. The highest BCUT2D eigenvalue weighted by atomic mass is 32.2. The molecule has 4 heterocycles. The molecular formula is C22H22N4O4S2. The molecule has 1 atom stereocenters. The first-order valence-corrected chi connectivity index (χ1v) is 12.2. The van der Waals surface area contributed by atoms with Crippen molar-refractivity contribution in [2.75, 3.05) is 5.75 Å². The minimum absolute atomic E-state index is 0.0458. The number of ether oxygens (including phenoxy) is 1. The number of thiophene rings is 1. The topological polar surface area (TPSA) is 104 Å². The molecule has 1 aromatic carbocycles. The molecule has 1 N–H and O–H groups in total. The second-order valence-corrected chi connectivity index (χ2v) is 10.3. The van der Waals surface area contributed by atoms with Crippen LogP contribution in [0.1, 0.15) is 29.9 Å². The van der Waals surface area contributed by atoms with E-state index in [1.165, 1.54) is 11.3 Å². The van der Waals surface area contributed by atoms with Crippen molar-refractivity contribution in [1.29, 1.82) is 0 Å². The minimum Gasteiger partial charge on any atom is -0.549 e. The lowest BCUT2D eigenvalue weighted by atomic mass is 9.96. The molecule has 5 rings (SSSR count). The summed E-state index contributed by atoms with van der Waals surface area (Å²) in [5.74, 6) is -0.598. The van der Waals surface area contributed by atoms with Gasteiger partial charge >= 0.3 is 16.5 Å². The van der Waals surface area contributed by atoms with Gasteiger partial charge in [-0.15, -0.1) is 16.4 Å². The van der Waals surface area contributed by atoms with Gasteiger partial charge in [-0.3, -0.25) is 4.79 Å². The molecular weight excluding hydrogens is 448 g/mol. The van der Waals surface area contributed by atoms with Gasteiger partial charge < -0.3 is 14.6 Å². The first-order chi connectivity index (χ1) is 15.3. The van der Waals surface area contributed by atoms with E-state index in [9.17, 15) is 14.7 Å². The van der Waals surface area contributed by atoms with E-state index in [-0.39, 0.29) is 17.4 Å². The van der Waals surface area contributed by atoms with Crippen LogP contribution in [0.4, 0.5) is 0 Å². The van der Waals surface area contributed by atoms with E-state index in [0.717, 1.165) is 32.6 Å². The Labute approximate surface area is 191 Å². The Bertz CT molecular complexity index is 1400. The number of benzene rings is 1. The molecule has 0 bridgehead atoms. The van der Waals surface area contributed by atoms with Crippen LogP contribution in [0.5, 0.6) is 0 Å². The fraction of sp³-hybridized carbons (Fsp3) is 0.364. The Balaban J connectivity index is 1.83. The zero-order chi connectivity index (χ0) is 22.6. The van der Waals surface area contributed by atoms with Crippen LogP contribution in [-0.4, -0.2) is 32.6 Å². The largest absolute Gasteiger partial charge is 0.549 e. The fourth-order valence-corrected chi connectivity index (χ4v) is 6.03. The van der Waals surface area contributed by atoms with Gasteiger partial charge in [0.15, 0.2) is 4.83 Å². The predicted molar refractivity (Wildman–Crippen MR) is 120 cm³/mol. The van der Waals surface area contributed by atoms with Crippen molar-refractivity contribution in [3.8, 4) is 5.69 Å². The molecule has 0 aliphatic carbocycles. The number of hydrogen-bond acceptors (Lipinski definition) is 7. The van der Waals surface area contributed by atoms with Crippen LogP contribution in [0.25, 0.3) is 21.7 Å². The molecule has 8 nitrogen and oxygen atoms in total. The summed E-state index contributed by atoms with van der Waals surface area (Å²) >= 11 is 2.57. The molecule has 0 saturated heterocycles. The SMILES string of the molecule is Cc1ccc(-n2c(=O)c3c4c(sc3[n+]3c(SCC(=O)[O-])n[nH]c23)COC(C(C)C)C4)cc1. The highest BCUT2D eigenvalue weighted by Gasteiger charge is 2.32. The van der Waals surface area contributed by atoms with Gasteiger partial charge in [0.25, 0.3) is 0 Å². The van der Waals surface area contributed by atoms with Crippen molar-refractivity contribution >= 4 is 45.1 Å². The highest BCUT2D eigenvalue weighted by Crippen LogP contribution is 2.35. The lowest BCUT2D eigenvalue weighted by Crippen LogP contribution is -2.35. The number of thioether (sulfide) groups is 1. The van der Waals surface area contributed by atoms with E-state index in [1.807, 2.05) is 35.6 Å². The Morgan fingerprint density at radius 2 is 2.16 bits per heavy atom. The third-order valence-corrected chi connectivity index (χ3v) is 7.85. The van der Waals surface area contributed by atoms with Crippen molar-refractivity contribution in [2.24, 2.45) is 5.92 Å². The molecule has 1 aliphatic heterocycles. The summed E-state index contributed by atoms with van der Waals surface area (Å²) in [6, 6.07) is 7.71. The predicted octanol–water partition coefficient (Wildman–Crippen LogP) is 1.76. The molecule has 10 heteroatoms. The number of carboxylic acids is 1. The molecule has 0 fully saturated rings. The standard InChI is InChI=1S/C22H22N4O4S2/c1-11(2)15-8-14-16(9-30-15)32-20-18(14)19(29)25(13-6-4-12(3)5-7-13)21-23-24-22(26(20)21)31-10-17(27)28/h4-7,11,15H,8-10H2,1-3H3,(H,27,28). The maximum absolute atomic E-state index is 13.9. The molecule has 166 valence electrons. The van der Waals surface area contributed by atoms with E-state index in [2.05, 4.69) is 24.0 Å². The Hall–Kier alpha value is -2.69. The summed E-state index contributed by atoms with van der Waals surface area (Å²) < 4.78 is 9.50. The van der Waals surface area contributed by atoms with Gasteiger partial charge in [-0.1, -0.05) is 43.3 Å². The molecule has 4 aromatic rings. The average Bonchev–Trinajstić information content (AvgIpc) is 3.34. The normalized spacial score (nSPS) is 16.2. The van der Waals surface area contributed by atoms with Gasteiger partial charge in [0, 0.05) is 22.1 Å². The van der Waals surface area contributed by atoms with E-state index in [0.29, 0.717) is 41.0 Å². The zero-order valence-corrected chi connectivity index (χ0v) is 19.5. The van der Waals surface area contributed by atoms with Crippen LogP contribution in [-0.2, 0) is 22.6 Å². The van der Waals surface area contributed by atoms with Crippen molar-refractivity contribution in [3.63, 3.8) is 0 Å². The molecule has 0 radical (unpaired) electrons. The quantitative estimate of drug-likeness (QED) is 0.352. The maximum Gasteiger partial charge on any atom is 0.363 e. The van der Waals surface area contributed by atoms with Crippen molar-refractivity contribution in [2.45, 2.75) is 45.1 Å². The van der Waals surface area contributed by atoms with Gasteiger partial charge in [0.05, 0.1) is 24.4 Å². The smallest absolute Gasteiger partial charge is 0.363 e. The molecule has 3 aromatic heterocycles. The summed E-state index contributed by atoms with van der Waals surface area (Å²) in [7, 11) is 0. The summed E-state index contributed by atoms with van der Waals surface area (Å²) in [5.41, 5.74) is 2.71. The van der Waals surface area contributed by atoms with Crippen LogP contribution in [0, 0.1) is 12.8 Å². The van der Waals surface area contributed by atoms with E-state index in [1.54, 1.807) is 4.57 Å². The molecule has 0 amide bonds. The number of nitrogens with zero attached hydrogens (tertiary/aromatic N) is 3. The van der Waals surface area contributed by atoms with Crippen molar-refractivity contribution < 1.29 is 19.0 Å². The second-order valence-electron chi connectivity index (χ2n) is 8.28. The number of hydrogen-bond donors (Lipinski definition) is 1. The molecule has 0 spiro atoms. The Morgan fingerprint density at radius 1 is 1.41 bits per heavy atom. The van der Waals surface area contributed by atoms with E-state index < -0.39 is 5.97 Å². The van der Waals surface area contributed by atoms with Crippen LogP contribution < -0.4 is 15.1 Å². The number of aliphatic carboxylic acids is 1. The molecule has 0 saturated carbocycles. The number of aryl methyl sites for hydroxylation is 1. The van der Waals surface area contributed by atoms with Gasteiger partial charge in [-0.2, -0.15) is 8.97 Å². The number of aromatic nitrogens is 4. The third kappa shape index (κ3) is 3.42. The van der Waals surface area contributed by atoms with Crippen molar-refractivity contribution in [1.82, 2.24) is 14.8 Å². The number of carboxylic acid groups (broad SMARTS) is 1. The number of fused-ring (bicyclic) bond motifs is 5. The Morgan fingerprint density at radius 3 is 2.84 bits per heavy atom. The number of carbonyl (C=O) groups is 1. The fourth-order valence-electron chi connectivity index (χ4n) is 4.06. The number of rotatable bonds is 5. The van der Waals surface area contributed by atoms with Crippen molar-refractivity contribution in [3.05, 3.63) is 50.6 Å². The summed E-state index contributed by atoms with van der Waals surface area (Å²) in [6.45, 7) is 6.69. The minimum atomic E-state index is -1.17. The number of H-pyrrole nitrogens is 1. The van der Waals surface area contributed by atoms with Crippen LogP contribution in [0.15, 0.2) is 34.2 Å². The summed E-state index contributed by atoms with van der Waals surface area (Å²) in [5, 5.41) is 19.5.